The second-order valence-electron chi connectivity index (χ2n) is 4.15. The van der Waals surface area contributed by atoms with Crippen LogP contribution >= 0.6 is 0 Å². The van der Waals surface area contributed by atoms with Crippen LogP contribution < -0.4 is 10.1 Å². The normalized spacial score (nSPS) is 10.1. The van der Waals surface area contributed by atoms with Crippen molar-refractivity contribution >= 4 is 11.6 Å². The summed E-state index contributed by atoms with van der Waals surface area (Å²) in [7, 11) is 1.56. The van der Waals surface area contributed by atoms with Crippen LogP contribution in [-0.4, -0.2) is 13.0 Å². The highest BCUT2D eigenvalue weighted by Gasteiger charge is 2.08. The highest BCUT2D eigenvalue weighted by molar-refractivity contribution is 6.04. The van der Waals surface area contributed by atoms with Gasteiger partial charge in [0, 0.05) is 17.3 Å². The fourth-order valence-corrected chi connectivity index (χ4v) is 1.69. The molecule has 2 aromatic rings. The molecule has 0 radical (unpaired) electrons. The maximum Gasteiger partial charge on any atom is 0.255 e. The summed E-state index contributed by atoms with van der Waals surface area (Å²) in [5.74, 6) is 0.0578. The zero-order chi connectivity index (χ0) is 13.8. The molecule has 0 saturated heterocycles. The quantitative estimate of drug-likeness (QED) is 0.917. The Hall–Kier alpha value is -2.36. The van der Waals surface area contributed by atoms with Gasteiger partial charge in [0.25, 0.3) is 5.91 Å². The van der Waals surface area contributed by atoms with Gasteiger partial charge in [0.15, 0.2) is 0 Å². The number of rotatable bonds is 3. The van der Waals surface area contributed by atoms with E-state index in [1.54, 1.807) is 38.3 Å². The van der Waals surface area contributed by atoms with Gasteiger partial charge < -0.3 is 10.1 Å². The van der Waals surface area contributed by atoms with E-state index in [0.29, 0.717) is 22.6 Å². The molecule has 0 aromatic heterocycles. The predicted octanol–water partition coefficient (Wildman–Crippen LogP) is 3.40. The van der Waals surface area contributed by atoms with Crippen LogP contribution in [0.3, 0.4) is 0 Å². The number of carbonyl (C=O) groups excluding carboxylic acids is 1. The van der Waals surface area contributed by atoms with Crippen LogP contribution in [0, 0.1) is 12.7 Å². The minimum Gasteiger partial charge on any atom is -0.497 e. The Balaban J connectivity index is 2.18. The first kappa shape index (κ1) is 13.1. The van der Waals surface area contributed by atoms with Gasteiger partial charge in [0.1, 0.15) is 11.6 Å². The minimum absolute atomic E-state index is 0.281. The molecule has 4 heteroatoms. The smallest absolute Gasteiger partial charge is 0.255 e. The first-order chi connectivity index (χ1) is 9.10. The van der Waals surface area contributed by atoms with Gasteiger partial charge in [0.05, 0.1) is 7.11 Å². The van der Waals surface area contributed by atoms with Gasteiger partial charge in [0.2, 0.25) is 0 Å². The van der Waals surface area contributed by atoms with Crippen LogP contribution in [0.15, 0.2) is 42.5 Å². The first-order valence-electron chi connectivity index (χ1n) is 5.81. The highest BCUT2D eigenvalue weighted by atomic mass is 19.1. The summed E-state index contributed by atoms with van der Waals surface area (Å²) in [4.78, 5) is 12.0. The Morgan fingerprint density at radius 1 is 1.21 bits per heavy atom. The molecule has 1 N–H and O–H groups in total. The van der Waals surface area contributed by atoms with Crippen molar-refractivity contribution in [1.82, 2.24) is 0 Å². The lowest BCUT2D eigenvalue weighted by atomic mass is 10.1. The summed E-state index contributed by atoms with van der Waals surface area (Å²) in [6.07, 6.45) is 0. The Bertz CT molecular complexity index is 611. The van der Waals surface area contributed by atoms with Gasteiger partial charge in [-0.2, -0.15) is 0 Å². The van der Waals surface area contributed by atoms with E-state index in [2.05, 4.69) is 5.32 Å². The van der Waals surface area contributed by atoms with Crippen LogP contribution in [0.4, 0.5) is 10.1 Å². The molecule has 3 nitrogen and oxygen atoms in total. The summed E-state index contributed by atoms with van der Waals surface area (Å²) in [5.41, 5.74) is 1.49. The van der Waals surface area contributed by atoms with Gasteiger partial charge >= 0.3 is 0 Å². The molecule has 0 unspecified atom stereocenters. The maximum absolute atomic E-state index is 13.1. The number of methoxy groups -OCH3 is 1. The van der Waals surface area contributed by atoms with E-state index in [9.17, 15) is 9.18 Å². The van der Waals surface area contributed by atoms with Gasteiger partial charge in [-0.05, 0) is 42.8 Å². The summed E-state index contributed by atoms with van der Waals surface area (Å²) in [6, 6.07) is 11.3. The third-order valence-corrected chi connectivity index (χ3v) is 2.75. The number of hydrogen-bond acceptors (Lipinski definition) is 2. The topological polar surface area (TPSA) is 38.3 Å². The Labute approximate surface area is 111 Å². The van der Waals surface area contributed by atoms with E-state index in [4.69, 9.17) is 4.74 Å². The molecule has 1 amide bonds. The number of amides is 1. The lowest BCUT2D eigenvalue weighted by Gasteiger charge is -2.07. The number of nitrogens with one attached hydrogen (secondary N) is 1. The number of benzene rings is 2. The number of anilines is 1. The molecule has 0 bridgehead atoms. The Kier molecular flexibility index (Phi) is 3.80. The molecule has 0 aliphatic heterocycles. The first-order valence-corrected chi connectivity index (χ1v) is 5.81. The summed E-state index contributed by atoms with van der Waals surface area (Å²) < 4.78 is 18.2. The Morgan fingerprint density at radius 3 is 2.68 bits per heavy atom. The number of carbonyl (C=O) groups is 1. The van der Waals surface area contributed by atoms with Crippen LogP contribution in [-0.2, 0) is 0 Å². The SMILES string of the molecule is COc1cccc(NC(=O)c2ccc(F)c(C)c2)c1. The lowest BCUT2D eigenvalue weighted by Crippen LogP contribution is -2.12. The molecule has 2 aromatic carbocycles. The van der Waals surface area contributed by atoms with Gasteiger partial charge in [-0.3, -0.25) is 4.79 Å². The Morgan fingerprint density at radius 2 is 2.00 bits per heavy atom. The number of hydrogen-bond donors (Lipinski definition) is 1. The molecular weight excluding hydrogens is 245 g/mol. The zero-order valence-electron chi connectivity index (χ0n) is 10.7. The molecule has 2 rings (SSSR count). The molecule has 0 aliphatic rings. The number of halogens is 1. The molecule has 19 heavy (non-hydrogen) atoms. The van der Waals surface area contributed by atoms with E-state index in [-0.39, 0.29) is 11.7 Å². The molecule has 0 fully saturated rings. The molecule has 0 heterocycles. The van der Waals surface area contributed by atoms with Crippen molar-refractivity contribution in [1.29, 1.82) is 0 Å². The molecule has 0 spiro atoms. The van der Waals surface area contributed by atoms with Crippen molar-refractivity contribution in [2.45, 2.75) is 6.92 Å². The maximum atomic E-state index is 13.1. The van der Waals surface area contributed by atoms with Crippen molar-refractivity contribution in [3.8, 4) is 5.75 Å². The summed E-state index contributed by atoms with van der Waals surface area (Å²) in [5, 5.41) is 2.74. The average Bonchev–Trinajstić information content (AvgIpc) is 2.42. The molecular formula is C15H14FNO2. The molecule has 0 aliphatic carbocycles. The summed E-state index contributed by atoms with van der Waals surface area (Å²) in [6.45, 7) is 1.62. The van der Waals surface area contributed by atoms with Crippen molar-refractivity contribution in [2.24, 2.45) is 0 Å². The number of aryl methyl sites for hydroxylation is 1. The minimum atomic E-state index is -0.321. The van der Waals surface area contributed by atoms with E-state index in [1.165, 1.54) is 18.2 Å². The van der Waals surface area contributed by atoms with Crippen LogP contribution in [0.1, 0.15) is 15.9 Å². The monoisotopic (exact) mass is 259 g/mol. The van der Waals surface area contributed by atoms with Crippen LogP contribution in [0.2, 0.25) is 0 Å². The van der Waals surface area contributed by atoms with Gasteiger partial charge in [-0.25, -0.2) is 4.39 Å². The fraction of sp³-hybridized carbons (Fsp3) is 0.133. The average molecular weight is 259 g/mol. The lowest BCUT2D eigenvalue weighted by molar-refractivity contribution is 0.102. The standard InChI is InChI=1S/C15H14FNO2/c1-10-8-11(6-7-14(10)16)15(18)17-12-4-3-5-13(9-12)19-2/h3-9H,1-2H3,(H,17,18). The van der Waals surface area contributed by atoms with Crippen molar-refractivity contribution < 1.29 is 13.9 Å². The summed E-state index contributed by atoms with van der Waals surface area (Å²) >= 11 is 0. The third-order valence-electron chi connectivity index (χ3n) is 2.75. The molecule has 0 atom stereocenters. The van der Waals surface area contributed by atoms with E-state index in [0.717, 1.165) is 0 Å². The fourth-order valence-electron chi connectivity index (χ4n) is 1.69. The largest absolute Gasteiger partial charge is 0.497 e. The van der Waals surface area contributed by atoms with Crippen LogP contribution in [0.5, 0.6) is 5.75 Å². The van der Waals surface area contributed by atoms with E-state index >= 15 is 0 Å². The predicted molar refractivity (Wildman–Crippen MR) is 72.1 cm³/mol. The molecule has 0 saturated carbocycles. The molecule has 98 valence electrons. The number of ether oxygens (including phenoxy) is 1. The zero-order valence-corrected chi connectivity index (χ0v) is 10.7. The van der Waals surface area contributed by atoms with Crippen molar-refractivity contribution in [3.05, 3.63) is 59.4 Å². The van der Waals surface area contributed by atoms with E-state index < -0.39 is 0 Å². The third kappa shape index (κ3) is 3.10. The van der Waals surface area contributed by atoms with Crippen LogP contribution in [0.25, 0.3) is 0 Å². The second-order valence-corrected chi connectivity index (χ2v) is 4.15. The van der Waals surface area contributed by atoms with Gasteiger partial charge in [-0.1, -0.05) is 6.07 Å². The second kappa shape index (κ2) is 5.52. The van der Waals surface area contributed by atoms with Crippen molar-refractivity contribution in [2.75, 3.05) is 12.4 Å². The van der Waals surface area contributed by atoms with Gasteiger partial charge in [-0.15, -0.1) is 0 Å². The van der Waals surface area contributed by atoms with Crippen molar-refractivity contribution in [3.63, 3.8) is 0 Å². The highest BCUT2D eigenvalue weighted by Crippen LogP contribution is 2.18. The van der Waals surface area contributed by atoms with E-state index in [1.807, 2.05) is 0 Å².